The molecular formula is C34H82N2O6Si4. The molecule has 0 bridgehead atoms. The van der Waals surface area contributed by atoms with Gasteiger partial charge in [0.2, 0.25) is 0 Å². The minimum Gasteiger partial charge on any atom is -0.390 e. The Hall–Kier alpha value is 0.548. The predicted molar refractivity (Wildman–Crippen MR) is 209 cm³/mol. The van der Waals surface area contributed by atoms with Gasteiger partial charge in [0.15, 0.2) is 8.59 Å². The second-order valence-corrected chi connectivity index (χ2v) is 27.0. The van der Waals surface area contributed by atoms with Crippen molar-refractivity contribution in [3.8, 4) is 0 Å². The third kappa shape index (κ3) is 26.4. The van der Waals surface area contributed by atoms with Crippen molar-refractivity contribution < 1.29 is 37.0 Å². The van der Waals surface area contributed by atoms with Crippen LogP contribution in [0.5, 0.6) is 0 Å². The lowest BCUT2D eigenvalue weighted by Gasteiger charge is -2.34. The van der Waals surface area contributed by atoms with E-state index >= 15 is 0 Å². The summed E-state index contributed by atoms with van der Waals surface area (Å²) in [4.78, 5) is 30.3. The third-order valence-corrected chi connectivity index (χ3v) is 22.7. The average molecular weight is 751 g/mol. The first-order valence-corrected chi connectivity index (χ1v) is 27.6. The van der Waals surface area contributed by atoms with Gasteiger partial charge in [0.05, 0.1) is 16.1 Å². The molecule has 0 aromatic carbocycles. The molecule has 280 valence electrons. The largest absolute Gasteiger partial charge is 0.492 e. The average Bonchev–Trinajstić information content (AvgIpc) is 3.26. The number of nitrogens with zero attached hydrogens (tertiary/aromatic N) is 2. The maximum absolute atomic E-state index is 7.68. The first-order valence-electron chi connectivity index (χ1n) is 24.8. The summed E-state index contributed by atoms with van der Waals surface area (Å²) in [6, 6.07) is 10.3. The van der Waals surface area contributed by atoms with Crippen molar-refractivity contribution in [2.75, 3.05) is 39.3 Å². The minimum absolute atomic E-state index is 0.167. The first kappa shape index (κ1) is 30.2. The molecule has 0 aromatic heterocycles. The van der Waals surface area contributed by atoms with Crippen molar-refractivity contribution in [2.45, 2.75) is 180 Å². The van der Waals surface area contributed by atoms with Crippen LogP contribution in [0.15, 0.2) is 0 Å². The molecule has 0 heterocycles. The highest BCUT2D eigenvalue weighted by Crippen LogP contribution is 2.33. The van der Waals surface area contributed by atoms with E-state index < -0.39 is 33.8 Å². The standard InChI is InChI=1S/C26H59NSi2.C8H23NO6Si2/c1-8-19-28(20-9-2,21-10-3)25-15-17-27(14-7)18-16-26-29(22-11-4,23-12-5)24-13-6;1-2-9(5-3-7-16(10,11)12)6-4-8-17(13,14)15/h8-26H2,1-7H3;10-15H,2-8H2,1H3/i1T,2T,3T,4T,5T,6T;10T,11T,12T,13T,14T,15T. The zero-order valence-electron chi connectivity index (χ0n) is 42.0. The van der Waals surface area contributed by atoms with E-state index in [4.69, 9.17) is 16.8 Å². The topological polar surface area (TPSA) is 128 Å². The highest BCUT2D eigenvalue weighted by Gasteiger charge is 2.31. The van der Waals surface area contributed by atoms with Gasteiger partial charge in [-0.3, -0.25) is 0 Å². The Labute approximate surface area is 308 Å². The van der Waals surface area contributed by atoms with Crippen LogP contribution >= 0.6 is 0 Å². The molecule has 0 saturated heterocycles. The molecule has 46 heavy (non-hydrogen) atoms. The second kappa shape index (κ2) is 28.3. The molecule has 0 amide bonds. The van der Waals surface area contributed by atoms with E-state index in [1.807, 2.05) is 11.8 Å². The van der Waals surface area contributed by atoms with Gasteiger partial charge < -0.3 is 38.6 Å². The summed E-state index contributed by atoms with van der Waals surface area (Å²) < 4.78 is 87.2. The summed E-state index contributed by atoms with van der Waals surface area (Å²) in [5.74, 6) is 0. The number of hydrogen-bond acceptors (Lipinski definition) is 8. The molecule has 12 heteroatoms. The van der Waals surface area contributed by atoms with Gasteiger partial charge in [-0.15, -0.1) is 0 Å². The van der Waals surface area contributed by atoms with Crippen LogP contribution in [-0.4, -0.2) is 120 Å². The monoisotopic (exact) mass is 751 g/mol. The van der Waals surface area contributed by atoms with Crippen molar-refractivity contribution in [1.29, 1.82) is 8.59 Å². The van der Waals surface area contributed by atoms with E-state index in [2.05, 4.69) is 40.6 Å². The summed E-state index contributed by atoms with van der Waals surface area (Å²) in [6.45, 7) is 12.6. The van der Waals surface area contributed by atoms with Gasteiger partial charge in [0, 0.05) is 20.3 Å². The van der Waals surface area contributed by atoms with Gasteiger partial charge in [-0.25, -0.2) is 0 Å². The molecule has 0 radical (unpaired) electrons. The molecule has 8 nitrogen and oxygen atoms in total. The maximum Gasteiger partial charge on any atom is 0.492 e. The molecule has 0 spiro atoms. The number of hydrogen-bond donors (Lipinski definition) is 6. The normalized spacial score (nSPS) is 16.4. The van der Waals surface area contributed by atoms with Gasteiger partial charge in [0.1, 0.15) is 0 Å². The first-order chi connectivity index (χ1) is 28.0. The fourth-order valence-electron chi connectivity index (χ4n) is 7.00. The van der Waals surface area contributed by atoms with Crippen LogP contribution in [0.25, 0.3) is 0 Å². The lowest BCUT2D eigenvalue weighted by Crippen LogP contribution is -2.37. The molecule has 0 fully saturated rings. The van der Waals surface area contributed by atoms with E-state index in [0.29, 0.717) is 67.3 Å². The minimum atomic E-state index is -3.53. The van der Waals surface area contributed by atoms with E-state index in [1.165, 1.54) is 61.2 Å². The van der Waals surface area contributed by atoms with Gasteiger partial charge >= 0.3 is 17.6 Å². The molecule has 0 atom stereocenters. The Bertz CT molecular complexity index is 786. The molecule has 6 N–H and O–H groups in total. The van der Waals surface area contributed by atoms with Crippen LogP contribution in [-0.2, 0) is 0 Å². The van der Waals surface area contributed by atoms with Gasteiger partial charge in [-0.2, -0.15) is 0 Å². The van der Waals surface area contributed by atoms with Crippen molar-refractivity contribution in [3.63, 3.8) is 0 Å². The van der Waals surface area contributed by atoms with E-state index in [-0.39, 0.29) is 12.1 Å². The summed E-state index contributed by atoms with van der Waals surface area (Å²) in [7, 11) is -10.0. The highest BCUT2D eigenvalue weighted by atomic mass is 28.4. The van der Waals surface area contributed by atoms with E-state index in [1.54, 1.807) is 0 Å². The van der Waals surface area contributed by atoms with Crippen LogP contribution in [0.4, 0.5) is 0 Å². The quantitative estimate of drug-likeness (QED) is 0.0367. The Kier molecular flexibility index (Phi) is 18.6. The molecule has 0 saturated carbocycles. The second-order valence-electron chi connectivity index (χ2n) is 13.3. The van der Waals surface area contributed by atoms with Crippen LogP contribution in [0, 0.1) is 0 Å². The fraction of sp³-hybridized carbons (Fsp3) is 1.00. The van der Waals surface area contributed by atoms with Crippen LogP contribution < -0.4 is 0 Å². The van der Waals surface area contributed by atoms with E-state index in [9.17, 15) is 0 Å². The van der Waals surface area contributed by atoms with Crippen LogP contribution in [0.2, 0.25) is 60.4 Å². The lowest BCUT2D eigenvalue weighted by molar-refractivity contribution is 0.214. The van der Waals surface area contributed by atoms with Crippen LogP contribution in [0.1, 0.15) is 128 Å². The molecule has 0 rings (SSSR count). The Morgan fingerprint density at radius 1 is 0.413 bits per heavy atom. The molecule has 0 aliphatic carbocycles. The van der Waals surface area contributed by atoms with Crippen molar-refractivity contribution in [1.82, 2.24) is 9.80 Å². The zero-order valence-corrected chi connectivity index (χ0v) is 34.0. The van der Waals surface area contributed by atoms with Crippen molar-refractivity contribution >= 4 is 33.8 Å². The molecular weight excluding hydrogens is 645 g/mol. The number of rotatable bonds is 36. The Balaban J connectivity index is 0. The lowest BCUT2D eigenvalue weighted by atomic mass is 10.3. The van der Waals surface area contributed by atoms with Gasteiger partial charge in [-0.1, -0.05) is 142 Å². The molecule has 0 unspecified atom stereocenters. The molecule has 0 aliphatic rings. The molecule has 0 aromatic rings. The summed E-state index contributed by atoms with van der Waals surface area (Å²) in [5.41, 5.74) is 0. The summed E-state index contributed by atoms with van der Waals surface area (Å²) in [5, 5.41) is 0. The third-order valence-electron chi connectivity index (χ3n) is 9.41. The maximum atomic E-state index is 7.68. The molecule has 0 aliphatic heterocycles. The SMILES string of the molecule is [3H]CCC[Si](CCC[3H])(CCC[3H])CCCN(CC)CCC[Si](CCC[3H])(CCC[3H])CCC[3H].[3H]O[Si](CCCN(CC)CCC[Si](O[3H])(O[3H])O[3H])(O[3H])O[3H]. The summed E-state index contributed by atoms with van der Waals surface area (Å²) in [6.07, 6.45) is 9.49. The summed E-state index contributed by atoms with van der Waals surface area (Å²) >= 11 is 0. The van der Waals surface area contributed by atoms with Crippen LogP contribution in [0.3, 0.4) is 0 Å². The Morgan fingerprint density at radius 3 is 0.891 bits per heavy atom. The van der Waals surface area contributed by atoms with Gasteiger partial charge in [0.25, 0.3) is 0 Å². The smallest absolute Gasteiger partial charge is 0.390 e. The predicted octanol–water partition coefficient (Wildman–Crippen LogP) is 7.37. The zero-order chi connectivity index (χ0) is 44.0. The van der Waals surface area contributed by atoms with Gasteiger partial charge in [-0.05, 0) is 65.0 Å². The van der Waals surface area contributed by atoms with Crippen molar-refractivity contribution in [2.24, 2.45) is 0 Å². The van der Waals surface area contributed by atoms with Crippen molar-refractivity contribution in [3.05, 3.63) is 0 Å². The highest BCUT2D eigenvalue weighted by molar-refractivity contribution is 6.80. The van der Waals surface area contributed by atoms with E-state index in [0.717, 1.165) is 64.7 Å². The fourth-order valence-corrected chi connectivity index (χ4v) is 17.5. The Morgan fingerprint density at radius 2 is 0.674 bits per heavy atom.